The molecule has 1 amide bonds. The number of carbonyl (C=O) groups is 1. The highest BCUT2D eigenvalue weighted by Crippen LogP contribution is 2.32. The minimum absolute atomic E-state index is 0.154. The second kappa shape index (κ2) is 7.70. The summed E-state index contributed by atoms with van der Waals surface area (Å²) in [5, 5.41) is 12.0. The van der Waals surface area contributed by atoms with E-state index in [1.54, 1.807) is 21.3 Å². The lowest BCUT2D eigenvalue weighted by molar-refractivity contribution is -0.384. The molecule has 1 aliphatic rings. The molecule has 0 saturated carbocycles. The van der Waals surface area contributed by atoms with Gasteiger partial charge in [0.05, 0.1) is 22.6 Å². The van der Waals surface area contributed by atoms with Crippen LogP contribution in [0.3, 0.4) is 0 Å². The molecular weight excluding hydrogens is 378 g/mol. The maximum Gasteiger partial charge on any atom is 0.409 e. The lowest BCUT2D eigenvalue weighted by atomic mass is 10.3. The van der Waals surface area contributed by atoms with Crippen LogP contribution in [0.5, 0.6) is 0 Å². The Labute approximate surface area is 165 Å². The van der Waals surface area contributed by atoms with Crippen molar-refractivity contribution in [2.24, 2.45) is 0 Å². The van der Waals surface area contributed by atoms with Gasteiger partial charge in [0.1, 0.15) is 12.7 Å². The van der Waals surface area contributed by atoms with Crippen LogP contribution in [0.1, 0.15) is 6.92 Å². The number of hydrogen-bond donors (Lipinski definition) is 0. The lowest BCUT2D eigenvalue weighted by Gasteiger charge is -2.34. The third-order valence-corrected chi connectivity index (χ3v) is 4.75. The Kier molecular flexibility index (Phi) is 4.94. The van der Waals surface area contributed by atoms with E-state index in [-0.39, 0.29) is 23.4 Å². The zero-order chi connectivity index (χ0) is 20.4. The number of piperazine rings is 1. The fourth-order valence-corrected chi connectivity index (χ4v) is 3.38. The van der Waals surface area contributed by atoms with Gasteiger partial charge in [-0.05, 0) is 19.1 Å². The molecule has 0 atom stereocenters. The molecule has 11 heteroatoms. The number of benzene rings is 1. The molecule has 0 aliphatic carbocycles. The van der Waals surface area contributed by atoms with E-state index in [4.69, 9.17) is 4.74 Å². The fraction of sp³-hybridized carbons (Fsp3) is 0.333. The van der Waals surface area contributed by atoms with Crippen LogP contribution in [0.25, 0.3) is 16.9 Å². The quantitative estimate of drug-likeness (QED) is 0.484. The third-order valence-electron chi connectivity index (χ3n) is 4.75. The maximum absolute atomic E-state index is 12.0. The number of imidazole rings is 1. The highest BCUT2D eigenvalue weighted by atomic mass is 16.6. The van der Waals surface area contributed by atoms with Crippen molar-refractivity contribution in [3.63, 3.8) is 0 Å². The molecule has 0 bridgehead atoms. The van der Waals surface area contributed by atoms with Gasteiger partial charge < -0.3 is 14.5 Å². The number of hydrogen-bond acceptors (Lipinski definition) is 8. The Bertz CT molecular complexity index is 1060. The van der Waals surface area contributed by atoms with E-state index in [9.17, 15) is 14.9 Å². The number of nitro groups is 1. The lowest BCUT2D eigenvalue weighted by Crippen LogP contribution is -2.49. The first-order valence-corrected chi connectivity index (χ1v) is 9.18. The average Bonchev–Trinajstić information content (AvgIpc) is 3.17. The van der Waals surface area contributed by atoms with E-state index in [1.165, 1.54) is 12.7 Å². The number of carbonyl (C=O) groups excluding carboxylic acids is 1. The number of aromatic nitrogens is 4. The minimum Gasteiger partial charge on any atom is -0.450 e. The summed E-state index contributed by atoms with van der Waals surface area (Å²) in [4.78, 5) is 39.4. The molecular formula is C18H19N7O4. The Hall–Kier alpha value is -3.76. The van der Waals surface area contributed by atoms with Gasteiger partial charge in [0.25, 0.3) is 0 Å². The molecule has 0 radical (unpaired) electrons. The average molecular weight is 397 g/mol. The van der Waals surface area contributed by atoms with Crippen molar-refractivity contribution in [2.45, 2.75) is 6.92 Å². The second-order valence-electron chi connectivity index (χ2n) is 6.40. The largest absolute Gasteiger partial charge is 0.450 e. The molecule has 2 aromatic heterocycles. The summed E-state index contributed by atoms with van der Waals surface area (Å²) < 4.78 is 6.61. The van der Waals surface area contributed by atoms with E-state index < -0.39 is 4.92 Å². The van der Waals surface area contributed by atoms with Gasteiger partial charge in [-0.1, -0.05) is 12.1 Å². The van der Waals surface area contributed by atoms with Crippen molar-refractivity contribution in [1.29, 1.82) is 0 Å². The van der Waals surface area contributed by atoms with Crippen molar-refractivity contribution < 1.29 is 14.5 Å². The molecule has 150 valence electrons. The molecule has 1 aromatic carbocycles. The first-order valence-electron chi connectivity index (χ1n) is 9.18. The van der Waals surface area contributed by atoms with E-state index in [0.717, 1.165) is 0 Å². The van der Waals surface area contributed by atoms with Crippen molar-refractivity contribution >= 4 is 28.6 Å². The first-order chi connectivity index (χ1) is 14.1. The zero-order valence-corrected chi connectivity index (χ0v) is 15.8. The number of fused-ring (bicyclic) bond motifs is 1. The number of nitrogens with zero attached hydrogens (tertiary/aromatic N) is 7. The third kappa shape index (κ3) is 3.42. The van der Waals surface area contributed by atoms with Gasteiger partial charge in [-0.15, -0.1) is 0 Å². The molecule has 1 aliphatic heterocycles. The highest BCUT2D eigenvalue weighted by Gasteiger charge is 2.31. The molecule has 1 saturated heterocycles. The number of anilines is 1. The molecule has 0 spiro atoms. The van der Waals surface area contributed by atoms with Crippen LogP contribution in [-0.4, -0.2) is 68.2 Å². The molecule has 1 fully saturated rings. The van der Waals surface area contributed by atoms with Crippen LogP contribution in [0.4, 0.5) is 16.3 Å². The predicted octanol–water partition coefficient (Wildman–Crippen LogP) is 2.00. The van der Waals surface area contributed by atoms with Gasteiger partial charge in [-0.25, -0.2) is 19.7 Å². The number of amides is 1. The molecule has 0 unspecified atom stereocenters. The molecule has 0 N–H and O–H groups in total. The Morgan fingerprint density at radius 3 is 2.59 bits per heavy atom. The van der Waals surface area contributed by atoms with Gasteiger partial charge in [-0.3, -0.25) is 14.7 Å². The van der Waals surface area contributed by atoms with Crippen molar-refractivity contribution in [3.05, 3.63) is 47.0 Å². The van der Waals surface area contributed by atoms with Crippen molar-refractivity contribution in [1.82, 2.24) is 24.4 Å². The summed E-state index contributed by atoms with van der Waals surface area (Å²) >= 11 is 0. The van der Waals surface area contributed by atoms with Crippen LogP contribution < -0.4 is 4.90 Å². The van der Waals surface area contributed by atoms with Gasteiger partial charge in [0.15, 0.2) is 0 Å². The normalized spacial score (nSPS) is 14.2. The van der Waals surface area contributed by atoms with E-state index >= 15 is 0 Å². The number of para-hydroxylation sites is 2. The van der Waals surface area contributed by atoms with Crippen LogP contribution >= 0.6 is 0 Å². The van der Waals surface area contributed by atoms with E-state index in [1.807, 2.05) is 24.3 Å². The number of ether oxygens (including phenoxy) is 1. The first kappa shape index (κ1) is 18.6. The van der Waals surface area contributed by atoms with Gasteiger partial charge in [-0.2, -0.15) is 0 Å². The molecule has 4 rings (SSSR count). The highest BCUT2D eigenvalue weighted by molar-refractivity contribution is 5.79. The summed E-state index contributed by atoms with van der Waals surface area (Å²) in [5.41, 5.74) is 1.23. The van der Waals surface area contributed by atoms with Crippen molar-refractivity contribution in [3.8, 4) is 5.82 Å². The van der Waals surface area contributed by atoms with E-state index in [0.29, 0.717) is 43.8 Å². The minimum atomic E-state index is -0.475. The van der Waals surface area contributed by atoms with E-state index in [2.05, 4.69) is 15.0 Å². The number of rotatable bonds is 4. The Morgan fingerprint density at radius 2 is 1.86 bits per heavy atom. The topological polar surface area (TPSA) is 120 Å². The molecule has 3 heterocycles. The smallest absolute Gasteiger partial charge is 0.409 e. The summed E-state index contributed by atoms with van der Waals surface area (Å²) in [7, 11) is 0. The summed E-state index contributed by atoms with van der Waals surface area (Å²) in [6.07, 6.45) is 2.45. The van der Waals surface area contributed by atoms with Crippen LogP contribution in [0, 0.1) is 10.1 Å². The molecule has 29 heavy (non-hydrogen) atoms. The van der Waals surface area contributed by atoms with Gasteiger partial charge in [0.2, 0.25) is 11.6 Å². The van der Waals surface area contributed by atoms with Crippen LogP contribution in [0.15, 0.2) is 36.9 Å². The van der Waals surface area contributed by atoms with Gasteiger partial charge in [0, 0.05) is 26.2 Å². The molecule has 11 nitrogen and oxygen atoms in total. The zero-order valence-electron chi connectivity index (χ0n) is 15.8. The van der Waals surface area contributed by atoms with Gasteiger partial charge >= 0.3 is 11.8 Å². The summed E-state index contributed by atoms with van der Waals surface area (Å²) in [5.74, 6) is 0.378. The Morgan fingerprint density at radius 1 is 1.14 bits per heavy atom. The predicted molar refractivity (Wildman–Crippen MR) is 104 cm³/mol. The maximum atomic E-state index is 12.0. The van der Waals surface area contributed by atoms with Crippen LogP contribution in [0.2, 0.25) is 0 Å². The monoisotopic (exact) mass is 397 g/mol. The van der Waals surface area contributed by atoms with Crippen LogP contribution in [-0.2, 0) is 4.74 Å². The standard InChI is InChI=1S/C18H19N7O4/c1-2-29-18(26)23-9-7-22(8-10-23)16-15(25(27)28)17(20-11-19-16)24-12-21-13-5-3-4-6-14(13)24/h3-6,11-12H,2,7-10H2,1H3. The molecule has 3 aromatic rings. The Balaban J connectivity index is 1.68. The second-order valence-corrected chi connectivity index (χ2v) is 6.40. The summed E-state index contributed by atoms with van der Waals surface area (Å²) in [6.45, 7) is 3.65. The summed E-state index contributed by atoms with van der Waals surface area (Å²) in [6, 6.07) is 7.34. The van der Waals surface area contributed by atoms with Crippen molar-refractivity contribution in [2.75, 3.05) is 37.7 Å². The SMILES string of the molecule is CCOC(=O)N1CCN(c2ncnc(-n3cnc4ccccc43)c2[N+](=O)[O-])CC1. The fourth-order valence-electron chi connectivity index (χ4n) is 3.38.